The van der Waals surface area contributed by atoms with Crippen LogP contribution >= 0.6 is 0 Å². The number of pyridine rings is 1. The summed E-state index contributed by atoms with van der Waals surface area (Å²) >= 11 is 0. The summed E-state index contributed by atoms with van der Waals surface area (Å²) in [6, 6.07) is 19.7. The van der Waals surface area contributed by atoms with Crippen LogP contribution in [0.1, 0.15) is 16.1 Å². The maximum absolute atomic E-state index is 13.6. The van der Waals surface area contributed by atoms with E-state index in [1.165, 1.54) is 28.8 Å². The molecule has 0 unspecified atom stereocenters. The molecule has 0 saturated carbocycles. The van der Waals surface area contributed by atoms with Gasteiger partial charge >= 0.3 is 0 Å². The molecule has 0 saturated heterocycles. The molecule has 0 aliphatic rings. The molecule has 1 amide bonds. The summed E-state index contributed by atoms with van der Waals surface area (Å²) in [4.78, 5) is 26.1. The van der Waals surface area contributed by atoms with E-state index < -0.39 is 17.3 Å². The maximum Gasteiger partial charge on any atom is 0.269 e. The number of rotatable bonds is 5. The predicted octanol–water partition coefficient (Wildman–Crippen LogP) is 4.72. The number of nitrogens with one attached hydrogen (secondary N) is 1. The van der Waals surface area contributed by atoms with E-state index in [0.717, 1.165) is 10.9 Å². The highest BCUT2D eigenvalue weighted by atomic mass is 19.1. The van der Waals surface area contributed by atoms with Gasteiger partial charge in [-0.05, 0) is 55.0 Å². The number of nitrogens with two attached hydrogens (primary N) is 1. The third-order valence-electron chi connectivity index (χ3n) is 5.58. The second kappa shape index (κ2) is 8.32. The minimum atomic E-state index is -0.894. The van der Waals surface area contributed by atoms with Crippen molar-refractivity contribution >= 4 is 16.8 Å². The molecule has 0 aliphatic carbocycles. The van der Waals surface area contributed by atoms with Crippen LogP contribution < -0.4 is 16.0 Å². The predicted molar refractivity (Wildman–Crippen MR) is 127 cm³/mol. The van der Waals surface area contributed by atoms with Crippen LogP contribution in [-0.4, -0.2) is 20.7 Å². The minimum absolute atomic E-state index is 0.222. The van der Waals surface area contributed by atoms with Crippen molar-refractivity contribution < 1.29 is 13.9 Å². The second-order valence-corrected chi connectivity index (χ2v) is 7.73. The van der Waals surface area contributed by atoms with Crippen LogP contribution in [0.5, 0.6) is 11.5 Å². The summed E-state index contributed by atoms with van der Waals surface area (Å²) in [6.45, 7) is 1.70. The molecule has 0 aliphatic heterocycles. The Labute approximate surface area is 193 Å². The van der Waals surface area contributed by atoms with Crippen LogP contribution in [0, 0.1) is 12.7 Å². The number of carbonyl (C=O) groups is 1. The van der Waals surface area contributed by atoms with Gasteiger partial charge in [-0.3, -0.25) is 19.3 Å². The van der Waals surface area contributed by atoms with Crippen LogP contribution in [0.15, 0.2) is 83.8 Å². The Balaban J connectivity index is 1.83. The Kier molecular flexibility index (Phi) is 5.18. The molecule has 0 spiro atoms. The number of aromatic amines is 1. The summed E-state index contributed by atoms with van der Waals surface area (Å²) in [5.74, 6) is -0.578. The fourth-order valence-electron chi connectivity index (χ4n) is 4.00. The summed E-state index contributed by atoms with van der Waals surface area (Å²) < 4.78 is 21.2. The second-order valence-electron chi connectivity index (χ2n) is 7.73. The number of fused-ring (bicyclic) bond motifs is 1. The van der Waals surface area contributed by atoms with Crippen molar-refractivity contribution in [3.8, 4) is 28.3 Å². The Hall–Kier alpha value is -4.72. The number of halogens is 1. The first-order chi connectivity index (χ1) is 16.4. The van der Waals surface area contributed by atoms with Crippen molar-refractivity contribution in [1.29, 1.82) is 0 Å². The molecule has 5 aromatic rings. The molecule has 0 radical (unpaired) electrons. The van der Waals surface area contributed by atoms with Gasteiger partial charge in [-0.15, -0.1) is 0 Å². The van der Waals surface area contributed by atoms with Crippen LogP contribution in [-0.2, 0) is 0 Å². The zero-order valence-corrected chi connectivity index (χ0v) is 18.1. The molecule has 34 heavy (non-hydrogen) atoms. The van der Waals surface area contributed by atoms with Gasteiger partial charge < -0.3 is 10.5 Å². The largest absolute Gasteiger partial charge is 0.455 e. The number of primary amides is 1. The number of nitrogens with zero attached hydrogens (tertiary/aromatic N) is 2. The van der Waals surface area contributed by atoms with Crippen LogP contribution in [0.3, 0.4) is 0 Å². The fraction of sp³-hybridized carbons (Fsp3) is 0.0385. The Morgan fingerprint density at radius 3 is 2.50 bits per heavy atom. The fourth-order valence-corrected chi connectivity index (χ4v) is 4.00. The molecule has 8 heteroatoms. The molecule has 7 nitrogen and oxygen atoms in total. The van der Waals surface area contributed by atoms with Gasteiger partial charge in [-0.1, -0.05) is 30.3 Å². The van der Waals surface area contributed by atoms with Crippen molar-refractivity contribution in [2.75, 3.05) is 0 Å². The van der Waals surface area contributed by atoms with Crippen LogP contribution in [0.25, 0.3) is 27.7 Å². The number of benzene rings is 3. The van der Waals surface area contributed by atoms with Gasteiger partial charge in [0.05, 0.1) is 17.4 Å². The van der Waals surface area contributed by atoms with Crippen molar-refractivity contribution in [2.45, 2.75) is 6.92 Å². The zero-order valence-electron chi connectivity index (χ0n) is 18.1. The standard InChI is InChI=1S/C26H19FN4O3/c1-15-24(34-20-11-12-21-17(13-20)14-29-30-21)22(16-5-3-2-4-6-16)23(25(28)32)26(33)31(15)19-9-7-18(27)8-10-19/h2-14H,1H3,(H2,28,32)(H,29,30). The van der Waals surface area contributed by atoms with E-state index in [1.807, 2.05) is 12.1 Å². The topological polar surface area (TPSA) is 103 Å². The first-order valence-electron chi connectivity index (χ1n) is 10.5. The van der Waals surface area contributed by atoms with Crippen molar-refractivity contribution in [3.63, 3.8) is 0 Å². The van der Waals surface area contributed by atoms with E-state index >= 15 is 0 Å². The first kappa shape index (κ1) is 21.1. The average molecular weight is 454 g/mol. The molecule has 2 aromatic heterocycles. The highest BCUT2D eigenvalue weighted by Gasteiger charge is 2.26. The lowest BCUT2D eigenvalue weighted by Crippen LogP contribution is -2.31. The molecule has 2 heterocycles. The van der Waals surface area contributed by atoms with Gasteiger partial charge in [0.25, 0.3) is 11.5 Å². The summed E-state index contributed by atoms with van der Waals surface area (Å²) in [6.07, 6.45) is 1.67. The van der Waals surface area contributed by atoms with Gasteiger partial charge in [0.2, 0.25) is 0 Å². The molecular weight excluding hydrogens is 435 g/mol. The molecule has 5 rings (SSSR count). The summed E-state index contributed by atoms with van der Waals surface area (Å²) in [7, 11) is 0. The third-order valence-corrected chi connectivity index (χ3v) is 5.58. The number of aromatic nitrogens is 3. The minimum Gasteiger partial charge on any atom is -0.455 e. The molecule has 0 bridgehead atoms. The number of carbonyl (C=O) groups excluding carboxylic acids is 1. The van der Waals surface area contributed by atoms with Gasteiger partial charge in [0.1, 0.15) is 17.1 Å². The highest BCUT2D eigenvalue weighted by Crippen LogP contribution is 2.38. The van der Waals surface area contributed by atoms with Gasteiger partial charge in [0.15, 0.2) is 5.75 Å². The Bertz CT molecular complexity index is 1590. The molecule has 3 N–H and O–H groups in total. The van der Waals surface area contributed by atoms with E-state index in [1.54, 1.807) is 49.5 Å². The van der Waals surface area contributed by atoms with Crippen molar-refractivity contribution in [2.24, 2.45) is 5.73 Å². The zero-order chi connectivity index (χ0) is 23.8. The molecular formula is C26H19FN4O3. The van der Waals surface area contributed by atoms with Crippen LogP contribution in [0.4, 0.5) is 4.39 Å². The number of amides is 1. The Morgan fingerprint density at radius 1 is 1.06 bits per heavy atom. The van der Waals surface area contributed by atoms with Gasteiger partial charge in [-0.2, -0.15) is 5.10 Å². The summed E-state index contributed by atoms with van der Waals surface area (Å²) in [5.41, 5.74) is 7.40. The molecule has 0 fully saturated rings. The first-order valence-corrected chi connectivity index (χ1v) is 10.5. The number of H-pyrrole nitrogens is 1. The number of ether oxygens (including phenoxy) is 1. The van der Waals surface area contributed by atoms with Gasteiger partial charge in [-0.25, -0.2) is 4.39 Å². The van der Waals surface area contributed by atoms with Gasteiger partial charge in [0, 0.05) is 16.6 Å². The van der Waals surface area contributed by atoms with E-state index in [4.69, 9.17) is 10.5 Å². The SMILES string of the molecule is Cc1c(Oc2ccc3[nH]ncc3c2)c(-c2ccccc2)c(C(N)=O)c(=O)n1-c1ccc(F)cc1. The lowest BCUT2D eigenvalue weighted by molar-refractivity contribution is 0.0999. The molecule has 0 atom stereocenters. The lowest BCUT2D eigenvalue weighted by atomic mass is 9.98. The Morgan fingerprint density at radius 2 is 1.79 bits per heavy atom. The smallest absolute Gasteiger partial charge is 0.269 e. The van der Waals surface area contributed by atoms with Crippen molar-refractivity contribution in [3.05, 3.63) is 106 Å². The van der Waals surface area contributed by atoms with E-state index in [9.17, 15) is 14.0 Å². The monoisotopic (exact) mass is 454 g/mol. The maximum atomic E-state index is 13.6. The van der Waals surface area contributed by atoms with E-state index in [0.29, 0.717) is 28.3 Å². The quantitative estimate of drug-likeness (QED) is 0.401. The average Bonchev–Trinajstić information content (AvgIpc) is 3.30. The summed E-state index contributed by atoms with van der Waals surface area (Å²) in [5, 5.41) is 7.74. The highest BCUT2D eigenvalue weighted by molar-refractivity contribution is 6.01. The number of hydrogen-bond acceptors (Lipinski definition) is 4. The third kappa shape index (κ3) is 3.61. The van der Waals surface area contributed by atoms with Crippen molar-refractivity contribution in [1.82, 2.24) is 14.8 Å². The van der Waals surface area contributed by atoms with E-state index in [-0.39, 0.29) is 11.3 Å². The molecule has 168 valence electrons. The van der Waals surface area contributed by atoms with Crippen LogP contribution in [0.2, 0.25) is 0 Å². The lowest BCUT2D eigenvalue weighted by Gasteiger charge is -2.21. The molecule has 3 aromatic carbocycles. The number of hydrogen-bond donors (Lipinski definition) is 2. The van der Waals surface area contributed by atoms with E-state index in [2.05, 4.69) is 10.2 Å². The normalized spacial score (nSPS) is 11.0.